The zero-order chi connectivity index (χ0) is 14.7. The van der Waals surface area contributed by atoms with Crippen molar-refractivity contribution in [3.05, 3.63) is 47.1 Å². The summed E-state index contributed by atoms with van der Waals surface area (Å²) in [6.45, 7) is 0.378. The molecule has 9 heteroatoms. The van der Waals surface area contributed by atoms with Gasteiger partial charge < -0.3 is 0 Å². The first kappa shape index (κ1) is 13.3. The molecule has 0 atom stereocenters. The number of carbonyl (C=O) groups is 1. The van der Waals surface area contributed by atoms with Gasteiger partial charge in [0.25, 0.3) is 5.91 Å². The number of aromatic nitrogens is 5. The molecule has 3 aromatic rings. The predicted octanol–water partition coefficient (Wildman–Crippen LogP) is 0.448. The van der Waals surface area contributed by atoms with Gasteiger partial charge in [0.1, 0.15) is 6.54 Å². The summed E-state index contributed by atoms with van der Waals surface area (Å²) in [5, 5.41) is 14.2. The maximum atomic E-state index is 11.3. The van der Waals surface area contributed by atoms with Gasteiger partial charge in [0.2, 0.25) is 5.82 Å². The molecule has 1 amide bonds. The van der Waals surface area contributed by atoms with E-state index in [2.05, 4.69) is 25.8 Å². The first-order chi connectivity index (χ1) is 10.3. The third-order valence-electron chi connectivity index (χ3n) is 2.72. The Hall–Kier alpha value is -2.65. The molecule has 0 saturated carbocycles. The summed E-state index contributed by atoms with van der Waals surface area (Å²) < 4.78 is 0. The highest BCUT2D eigenvalue weighted by Crippen LogP contribution is 2.19. The van der Waals surface area contributed by atoms with Crippen LogP contribution in [0.2, 0.25) is 0 Å². The van der Waals surface area contributed by atoms with Gasteiger partial charge in [-0.25, -0.2) is 5.84 Å². The molecule has 3 rings (SSSR count). The van der Waals surface area contributed by atoms with Crippen LogP contribution in [-0.2, 0) is 6.54 Å². The minimum Gasteiger partial charge on any atom is -0.290 e. The number of nitrogens with zero attached hydrogens (tertiary/aromatic N) is 5. The largest absolute Gasteiger partial charge is 0.290 e. The lowest BCUT2D eigenvalue weighted by atomic mass is 10.2. The van der Waals surface area contributed by atoms with Crippen molar-refractivity contribution in [3.63, 3.8) is 0 Å². The van der Waals surface area contributed by atoms with Crippen LogP contribution in [0.1, 0.15) is 16.1 Å². The van der Waals surface area contributed by atoms with Gasteiger partial charge in [-0.05, 0) is 28.8 Å². The molecular formula is C12H11N7OS. The topological polar surface area (TPSA) is 112 Å². The number of hydrazine groups is 1. The number of nitrogens with two attached hydrogens (primary N) is 1. The molecule has 8 nitrogen and oxygen atoms in total. The van der Waals surface area contributed by atoms with Crippen molar-refractivity contribution in [1.82, 2.24) is 30.6 Å². The van der Waals surface area contributed by atoms with Crippen molar-refractivity contribution in [2.24, 2.45) is 5.84 Å². The SMILES string of the molecule is NNC(=O)c1ccc(Cn2nnc(-c3cccs3)n2)nc1. The fourth-order valence-electron chi connectivity index (χ4n) is 1.70. The van der Waals surface area contributed by atoms with E-state index in [0.717, 1.165) is 10.6 Å². The molecule has 0 radical (unpaired) electrons. The Morgan fingerprint density at radius 2 is 2.29 bits per heavy atom. The van der Waals surface area contributed by atoms with Crippen molar-refractivity contribution < 1.29 is 4.79 Å². The molecule has 0 aliphatic heterocycles. The smallest absolute Gasteiger partial charge is 0.266 e. The maximum Gasteiger partial charge on any atom is 0.266 e. The lowest BCUT2D eigenvalue weighted by Gasteiger charge is -2.01. The Morgan fingerprint density at radius 1 is 1.38 bits per heavy atom. The fraction of sp³-hybridized carbons (Fsp3) is 0.0833. The van der Waals surface area contributed by atoms with E-state index in [1.165, 1.54) is 11.0 Å². The maximum absolute atomic E-state index is 11.3. The van der Waals surface area contributed by atoms with Crippen LogP contribution in [-0.4, -0.2) is 31.1 Å². The van der Waals surface area contributed by atoms with Gasteiger partial charge in [-0.1, -0.05) is 6.07 Å². The van der Waals surface area contributed by atoms with E-state index in [-0.39, 0.29) is 5.91 Å². The molecule has 106 valence electrons. The molecule has 0 aromatic carbocycles. The number of hydrogen-bond donors (Lipinski definition) is 2. The average molecular weight is 301 g/mol. The second kappa shape index (κ2) is 5.77. The molecule has 3 N–H and O–H groups in total. The van der Waals surface area contributed by atoms with Gasteiger partial charge in [-0.2, -0.15) is 4.80 Å². The Kier molecular flexibility index (Phi) is 3.67. The number of hydrogen-bond acceptors (Lipinski definition) is 7. The minimum absolute atomic E-state index is 0.378. The standard InChI is InChI=1S/C12H11N7OS/c13-15-12(20)8-3-4-9(14-6-8)7-19-17-11(16-18-19)10-2-1-5-21-10/h1-6H,7,13H2,(H,15,20). The van der Waals surface area contributed by atoms with Crippen LogP contribution < -0.4 is 11.3 Å². The van der Waals surface area contributed by atoms with Gasteiger partial charge in [0, 0.05) is 6.20 Å². The van der Waals surface area contributed by atoms with Gasteiger partial charge in [-0.15, -0.1) is 21.5 Å². The summed E-state index contributed by atoms with van der Waals surface area (Å²) in [6.07, 6.45) is 1.45. The predicted molar refractivity (Wildman–Crippen MR) is 76.1 cm³/mol. The Bertz CT molecular complexity index is 735. The highest BCUT2D eigenvalue weighted by molar-refractivity contribution is 7.13. The van der Waals surface area contributed by atoms with Crippen LogP contribution in [0, 0.1) is 0 Å². The van der Waals surface area contributed by atoms with Crippen LogP contribution in [0.4, 0.5) is 0 Å². The number of thiophene rings is 1. The second-order valence-corrected chi connectivity index (χ2v) is 5.08. The zero-order valence-electron chi connectivity index (χ0n) is 10.8. The molecule has 0 saturated heterocycles. The number of rotatable bonds is 4. The van der Waals surface area contributed by atoms with Crippen molar-refractivity contribution in [1.29, 1.82) is 0 Å². The van der Waals surface area contributed by atoms with Crippen molar-refractivity contribution in [3.8, 4) is 10.7 Å². The molecule has 0 spiro atoms. The Balaban J connectivity index is 1.73. The summed E-state index contributed by atoms with van der Waals surface area (Å²) in [5.41, 5.74) is 3.17. The van der Waals surface area contributed by atoms with E-state index in [0.29, 0.717) is 17.9 Å². The molecule has 0 aliphatic carbocycles. The molecular weight excluding hydrogens is 290 g/mol. The van der Waals surface area contributed by atoms with Crippen molar-refractivity contribution in [2.45, 2.75) is 6.54 Å². The van der Waals surface area contributed by atoms with Crippen LogP contribution in [0.25, 0.3) is 10.7 Å². The minimum atomic E-state index is -0.382. The van der Waals surface area contributed by atoms with Crippen LogP contribution >= 0.6 is 11.3 Å². The second-order valence-electron chi connectivity index (χ2n) is 4.13. The number of amides is 1. The van der Waals surface area contributed by atoms with E-state index in [1.807, 2.05) is 17.5 Å². The van der Waals surface area contributed by atoms with Gasteiger partial charge in [-0.3, -0.25) is 15.2 Å². The first-order valence-electron chi connectivity index (χ1n) is 6.04. The number of tetrazole rings is 1. The lowest BCUT2D eigenvalue weighted by molar-refractivity contribution is 0.0953. The normalized spacial score (nSPS) is 10.5. The molecule has 0 bridgehead atoms. The van der Waals surface area contributed by atoms with Crippen LogP contribution in [0.15, 0.2) is 35.8 Å². The number of pyridine rings is 1. The van der Waals surface area contributed by atoms with E-state index >= 15 is 0 Å². The number of nitrogen functional groups attached to an aromatic ring is 1. The molecule has 21 heavy (non-hydrogen) atoms. The Labute approximate surface area is 123 Å². The van der Waals surface area contributed by atoms with E-state index in [9.17, 15) is 4.79 Å². The number of carbonyl (C=O) groups excluding carboxylic acids is 1. The lowest BCUT2D eigenvalue weighted by Crippen LogP contribution is -2.30. The molecule has 3 aromatic heterocycles. The average Bonchev–Trinajstić information content (AvgIpc) is 3.18. The summed E-state index contributed by atoms with van der Waals surface area (Å²) in [6, 6.07) is 7.23. The molecule has 0 aliphatic rings. The third kappa shape index (κ3) is 2.93. The highest BCUT2D eigenvalue weighted by Gasteiger charge is 2.08. The summed E-state index contributed by atoms with van der Waals surface area (Å²) in [7, 11) is 0. The van der Waals surface area contributed by atoms with E-state index < -0.39 is 0 Å². The molecule has 0 unspecified atom stereocenters. The molecule has 0 fully saturated rings. The van der Waals surface area contributed by atoms with Crippen molar-refractivity contribution >= 4 is 17.2 Å². The van der Waals surface area contributed by atoms with Gasteiger partial charge in [0.15, 0.2) is 0 Å². The monoisotopic (exact) mass is 301 g/mol. The van der Waals surface area contributed by atoms with E-state index in [1.54, 1.807) is 23.5 Å². The fourth-order valence-corrected chi connectivity index (χ4v) is 2.34. The highest BCUT2D eigenvalue weighted by atomic mass is 32.1. The van der Waals surface area contributed by atoms with Gasteiger partial charge >= 0.3 is 0 Å². The van der Waals surface area contributed by atoms with E-state index in [4.69, 9.17) is 5.84 Å². The summed E-state index contributed by atoms with van der Waals surface area (Å²) in [5.74, 6) is 5.26. The zero-order valence-corrected chi connectivity index (χ0v) is 11.6. The van der Waals surface area contributed by atoms with Crippen molar-refractivity contribution in [2.75, 3.05) is 0 Å². The third-order valence-corrected chi connectivity index (χ3v) is 3.58. The van der Waals surface area contributed by atoms with Gasteiger partial charge in [0.05, 0.1) is 16.1 Å². The quantitative estimate of drug-likeness (QED) is 0.411. The summed E-state index contributed by atoms with van der Waals surface area (Å²) in [4.78, 5) is 17.9. The first-order valence-corrected chi connectivity index (χ1v) is 6.92. The van der Waals surface area contributed by atoms with Crippen LogP contribution in [0.5, 0.6) is 0 Å². The Morgan fingerprint density at radius 3 is 2.95 bits per heavy atom. The molecule has 3 heterocycles. The number of nitrogens with one attached hydrogen (secondary N) is 1. The summed E-state index contributed by atoms with van der Waals surface area (Å²) >= 11 is 1.55. The van der Waals surface area contributed by atoms with Crippen LogP contribution in [0.3, 0.4) is 0 Å².